The molecule has 0 saturated heterocycles. The molecule has 2 aromatic rings. The SMILES string of the molecule is COc1ccc(OCCOC(=O)c2c(C)noc2N)cc1. The Labute approximate surface area is 121 Å². The van der Waals surface area contributed by atoms with Gasteiger partial charge in [0.2, 0.25) is 5.88 Å². The number of ether oxygens (including phenoxy) is 3. The first kappa shape index (κ1) is 14.7. The fourth-order valence-electron chi connectivity index (χ4n) is 1.67. The predicted molar refractivity (Wildman–Crippen MR) is 74.4 cm³/mol. The van der Waals surface area contributed by atoms with Gasteiger partial charge in [0.25, 0.3) is 0 Å². The Morgan fingerprint density at radius 1 is 1.24 bits per heavy atom. The highest BCUT2D eigenvalue weighted by molar-refractivity contribution is 5.94. The lowest BCUT2D eigenvalue weighted by molar-refractivity contribution is 0.0450. The Morgan fingerprint density at radius 3 is 2.48 bits per heavy atom. The van der Waals surface area contributed by atoms with Crippen molar-refractivity contribution >= 4 is 11.9 Å². The number of esters is 1. The minimum atomic E-state index is -0.579. The number of nitrogens with two attached hydrogens (primary N) is 1. The molecule has 0 aliphatic heterocycles. The smallest absolute Gasteiger partial charge is 0.345 e. The van der Waals surface area contributed by atoms with Crippen molar-refractivity contribution in [2.75, 3.05) is 26.1 Å². The van der Waals surface area contributed by atoms with E-state index < -0.39 is 5.97 Å². The maximum absolute atomic E-state index is 11.8. The first-order valence-electron chi connectivity index (χ1n) is 6.27. The van der Waals surface area contributed by atoms with Crippen LogP contribution in [0.5, 0.6) is 11.5 Å². The van der Waals surface area contributed by atoms with Crippen LogP contribution in [0.25, 0.3) is 0 Å². The molecule has 7 heteroatoms. The molecular weight excluding hydrogens is 276 g/mol. The highest BCUT2D eigenvalue weighted by Crippen LogP contribution is 2.18. The van der Waals surface area contributed by atoms with Gasteiger partial charge in [0.1, 0.15) is 30.3 Å². The van der Waals surface area contributed by atoms with Gasteiger partial charge in [-0.15, -0.1) is 0 Å². The average molecular weight is 292 g/mol. The number of hydrogen-bond acceptors (Lipinski definition) is 7. The summed E-state index contributed by atoms with van der Waals surface area (Å²) < 4.78 is 20.2. The number of aryl methyl sites for hydroxylation is 1. The van der Waals surface area contributed by atoms with Crippen LogP contribution < -0.4 is 15.2 Å². The summed E-state index contributed by atoms with van der Waals surface area (Å²) in [7, 11) is 1.59. The van der Waals surface area contributed by atoms with E-state index in [1.807, 2.05) is 0 Å². The topological polar surface area (TPSA) is 96.8 Å². The molecule has 2 rings (SSSR count). The van der Waals surface area contributed by atoms with Gasteiger partial charge >= 0.3 is 5.97 Å². The summed E-state index contributed by atoms with van der Waals surface area (Å²) in [6.07, 6.45) is 0. The van der Waals surface area contributed by atoms with E-state index in [1.165, 1.54) is 0 Å². The van der Waals surface area contributed by atoms with Crippen LogP contribution in [0.2, 0.25) is 0 Å². The normalized spacial score (nSPS) is 10.2. The minimum absolute atomic E-state index is 0.0476. The van der Waals surface area contributed by atoms with Crippen molar-refractivity contribution in [1.82, 2.24) is 5.16 Å². The number of carbonyl (C=O) groups is 1. The van der Waals surface area contributed by atoms with Crippen molar-refractivity contribution in [1.29, 1.82) is 0 Å². The number of carbonyl (C=O) groups excluding carboxylic acids is 1. The van der Waals surface area contributed by atoms with Crippen LogP contribution in [0.4, 0.5) is 5.88 Å². The van der Waals surface area contributed by atoms with Crippen molar-refractivity contribution in [3.8, 4) is 11.5 Å². The number of anilines is 1. The van der Waals surface area contributed by atoms with Gasteiger partial charge in [-0.05, 0) is 31.2 Å². The van der Waals surface area contributed by atoms with Crippen molar-refractivity contribution in [2.24, 2.45) is 0 Å². The number of nitrogen functional groups attached to an aromatic ring is 1. The van der Waals surface area contributed by atoms with Crippen LogP contribution in [0.15, 0.2) is 28.8 Å². The van der Waals surface area contributed by atoms with Crippen molar-refractivity contribution in [2.45, 2.75) is 6.92 Å². The third-order valence-electron chi connectivity index (χ3n) is 2.74. The zero-order chi connectivity index (χ0) is 15.2. The van der Waals surface area contributed by atoms with Gasteiger partial charge in [-0.2, -0.15) is 0 Å². The Balaban J connectivity index is 1.78. The number of hydrogen-bond donors (Lipinski definition) is 1. The van der Waals surface area contributed by atoms with Crippen molar-refractivity contribution in [3.63, 3.8) is 0 Å². The number of aromatic nitrogens is 1. The van der Waals surface area contributed by atoms with Crippen LogP contribution in [-0.4, -0.2) is 31.4 Å². The van der Waals surface area contributed by atoms with Crippen LogP contribution in [-0.2, 0) is 4.74 Å². The molecule has 7 nitrogen and oxygen atoms in total. The van der Waals surface area contributed by atoms with Gasteiger partial charge < -0.3 is 24.5 Å². The highest BCUT2D eigenvalue weighted by Gasteiger charge is 2.19. The monoisotopic (exact) mass is 292 g/mol. The third-order valence-corrected chi connectivity index (χ3v) is 2.74. The summed E-state index contributed by atoms with van der Waals surface area (Å²) in [6.45, 7) is 1.93. The van der Waals surface area contributed by atoms with Gasteiger partial charge in [-0.25, -0.2) is 4.79 Å². The Kier molecular flexibility index (Phi) is 4.65. The van der Waals surface area contributed by atoms with E-state index in [4.69, 9.17) is 24.5 Å². The van der Waals surface area contributed by atoms with Crippen LogP contribution >= 0.6 is 0 Å². The second kappa shape index (κ2) is 6.65. The molecule has 0 unspecified atom stereocenters. The van der Waals surface area contributed by atoms with E-state index in [2.05, 4.69) is 5.16 Å². The number of methoxy groups -OCH3 is 1. The maximum atomic E-state index is 11.8. The molecule has 0 aliphatic rings. The summed E-state index contributed by atoms with van der Waals surface area (Å²) in [6, 6.07) is 7.09. The molecule has 0 aliphatic carbocycles. The van der Waals surface area contributed by atoms with Gasteiger partial charge in [0.05, 0.1) is 12.8 Å². The molecular formula is C14H16N2O5. The van der Waals surface area contributed by atoms with E-state index >= 15 is 0 Å². The third kappa shape index (κ3) is 3.65. The van der Waals surface area contributed by atoms with E-state index in [-0.39, 0.29) is 24.7 Å². The van der Waals surface area contributed by atoms with Crippen molar-refractivity contribution in [3.05, 3.63) is 35.5 Å². The molecule has 0 spiro atoms. The van der Waals surface area contributed by atoms with Gasteiger partial charge in [0, 0.05) is 0 Å². The summed E-state index contributed by atoms with van der Waals surface area (Å²) >= 11 is 0. The van der Waals surface area contributed by atoms with E-state index in [0.29, 0.717) is 11.4 Å². The molecule has 112 valence electrons. The van der Waals surface area contributed by atoms with Crippen LogP contribution in [0, 0.1) is 6.92 Å². The molecule has 0 fully saturated rings. The Bertz CT molecular complexity index is 587. The first-order valence-corrected chi connectivity index (χ1v) is 6.27. The molecule has 0 saturated carbocycles. The predicted octanol–water partition coefficient (Wildman–Crippen LogP) is 1.81. The van der Waals surface area contributed by atoms with Crippen molar-refractivity contribution < 1.29 is 23.5 Å². The second-order valence-electron chi connectivity index (χ2n) is 4.17. The molecule has 21 heavy (non-hydrogen) atoms. The summed E-state index contributed by atoms with van der Waals surface area (Å²) in [5, 5.41) is 3.59. The van der Waals surface area contributed by atoms with E-state index in [1.54, 1.807) is 38.3 Å². The van der Waals surface area contributed by atoms with Gasteiger partial charge in [-0.1, -0.05) is 5.16 Å². The Morgan fingerprint density at radius 2 is 1.90 bits per heavy atom. The summed E-state index contributed by atoms with van der Waals surface area (Å²) in [4.78, 5) is 11.8. The number of nitrogens with zero attached hydrogens (tertiary/aromatic N) is 1. The minimum Gasteiger partial charge on any atom is -0.497 e. The second-order valence-corrected chi connectivity index (χ2v) is 4.17. The zero-order valence-electron chi connectivity index (χ0n) is 11.8. The summed E-state index contributed by atoms with van der Waals surface area (Å²) in [5.74, 6) is 0.776. The van der Waals surface area contributed by atoms with Gasteiger partial charge in [-0.3, -0.25) is 0 Å². The summed E-state index contributed by atoms with van der Waals surface area (Å²) in [5.41, 5.74) is 6.04. The molecule has 1 aromatic carbocycles. The molecule has 0 bridgehead atoms. The van der Waals surface area contributed by atoms with E-state index in [0.717, 1.165) is 5.75 Å². The fourth-order valence-corrected chi connectivity index (χ4v) is 1.67. The van der Waals surface area contributed by atoms with Gasteiger partial charge in [0.15, 0.2) is 0 Å². The largest absolute Gasteiger partial charge is 0.497 e. The number of rotatable bonds is 6. The number of benzene rings is 1. The average Bonchev–Trinajstić information content (AvgIpc) is 2.83. The molecule has 2 N–H and O–H groups in total. The van der Waals surface area contributed by atoms with E-state index in [9.17, 15) is 4.79 Å². The molecule has 0 radical (unpaired) electrons. The van der Waals surface area contributed by atoms with Crippen LogP contribution in [0.3, 0.4) is 0 Å². The first-order chi connectivity index (χ1) is 10.1. The molecule has 0 amide bonds. The molecule has 0 atom stereocenters. The lowest BCUT2D eigenvalue weighted by Crippen LogP contribution is -2.13. The van der Waals surface area contributed by atoms with Crippen LogP contribution in [0.1, 0.15) is 16.1 Å². The fraction of sp³-hybridized carbons (Fsp3) is 0.286. The quantitative estimate of drug-likeness (QED) is 0.640. The molecule has 1 heterocycles. The zero-order valence-corrected chi connectivity index (χ0v) is 11.8. The Hall–Kier alpha value is -2.70. The lowest BCUT2D eigenvalue weighted by Gasteiger charge is -2.07. The maximum Gasteiger partial charge on any atom is 0.345 e. The molecule has 1 aromatic heterocycles. The standard InChI is InChI=1S/C14H16N2O5/c1-9-12(13(15)21-16-9)14(17)20-8-7-19-11-5-3-10(18-2)4-6-11/h3-6H,7-8,15H2,1-2H3. The lowest BCUT2D eigenvalue weighted by atomic mass is 10.2. The highest BCUT2D eigenvalue weighted by atomic mass is 16.6.